The lowest BCUT2D eigenvalue weighted by molar-refractivity contribution is 0.0696. The van der Waals surface area contributed by atoms with Gasteiger partial charge in [-0.1, -0.05) is 12.1 Å². The van der Waals surface area contributed by atoms with E-state index in [-0.39, 0.29) is 11.6 Å². The number of aromatic carboxylic acids is 1. The van der Waals surface area contributed by atoms with Crippen LogP contribution in [0.4, 0.5) is 4.79 Å². The Balaban J connectivity index is 1.49. The van der Waals surface area contributed by atoms with Gasteiger partial charge in [0.2, 0.25) is 0 Å². The Labute approximate surface area is 148 Å². The number of carboxylic acid groups (broad SMARTS) is 1. The van der Waals surface area contributed by atoms with E-state index in [1.165, 1.54) is 32.4 Å². The molecule has 25 heavy (non-hydrogen) atoms. The minimum absolute atomic E-state index is 0.0530. The molecule has 2 N–H and O–H groups in total. The Morgan fingerprint density at radius 1 is 1.08 bits per heavy atom. The maximum Gasteiger partial charge on any atom is 0.335 e. The van der Waals surface area contributed by atoms with Gasteiger partial charge in [0.25, 0.3) is 0 Å². The molecule has 136 valence electrons. The van der Waals surface area contributed by atoms with Crippen molar-refractivity contribution in [2.45, 2.75) is 44.7 Å². The van der Waals surface area contributed by atoms with Gasteiger partial charge in [0.15, 0.2) is 0 Å². The highest BCUT2D eigenvalue weighted by atomic mass is 16.4. The number of nitrogens with zero attached hydrogens (tertiary/aromatic N) is 2. The SMILES string of the molecule is O=C(O)c1cccc(CNC(=O)N2CCCC(N3CCCC3)CC2)c1. The van der Waals surface area contributed by atoms with Crippen LogP contribution in [-0.2, 0) is 6.54 Å². The largest absolute Gasteiger partial charge is 0.478 e. The summed E-state index contributed by atoms with van der Waals surface area (Å²) in [6.07, 6.45) is 5.86. The minimum Gasteiger partial charge on any atom is -0.478 e. The third kappa shape index (κ3) is 4.72. The lowest BCUT2D eigenvalue weighted by atomic mass is 10.1. The molecule has 0 radical (unpaired) electrons. The van der Waals surface area contributed by atoms with E-state index in [4.69, 9.17) is 5.11 Å². The molecule has 2 amide bonds. The number of carbonyl (C=O) groups is 2. The molecule has 6 heteroatoms. The number of carbonyl (C=O) groups excluding carboxylic acids is 1. The first kappa shape index (κ1) is 17.7. The molecule has 1 aromatic carbocycles. The van der Waals surface area contributed by atoms with Gasteiger partial charge in [0, 0.05) is 25.7 Å². The topological polar surface area (TPSA) is 72.9 Å². The summed E-state index contributed by atoms with van der Waals surface area (Å²) in [5.41, 5.74) is 1.05. The summed E-state index contributed by atoms with van der Waals surface area (Å²) < 4.78 is 0. The smallest absolute Gasteiger partial charge is 0.335 e. The fourth-order valence-electron chi connectivity index (χ4n) is 3.86. The van der Waals surface area contributed by atoms with Crippen molar-refractivity contribution >= 4 is 12.0 Å². The van der Waals surface area contributed by atoms with Gasteiger partial charge in [0.05, 0.1) is 5.56 Å². The van der Waals surface area contributed by atoms with Crippen molar-refractivity contribution in [3.63, 3.8) is 0 Å². The standard InChI is InChI=1S/C19H27N3O3/c23-18(24)16-6-3-5-15(13-16)14-20-19(25)22-11-4-7-17(8-12-22)21-9-1-2-10-21/h3,5-6,13,17H,1-2,4,7-12,14H2,(H,20,25)(H,23,24). The zero-order chi connectivity index (χ0) is 17.6. The second-order valence-electron chi connectivity index (χ2n) is 6.98. The molecule has 2 heterocycles. The average molecular weight is 345 g/mol. The molecule has 0 spiro atoms. The van der Waals surface area contributed by atoms with Crippen LogP contribution >= 0.6 is 0 Å². The predicted octanol–water partition coefficient (Wildman–Crippen LogP) is 2.54. The summed E-state index contributed by atoms with van der Waals surface area (Å²) in [6.45, 7) is 4.35. The fourth-order valence-corrected chi connectivity index (χ4v) is 3.86. The van der Waals surface area contributed by atoms with Gasteiger partial charge in [-0.25, -0.2) is 9.59 Å². The monoisotopic (exact) mass is 345 g/mol. The Morgan fingerprint density at radius 2 is 1.88 bits per heavy atom. The summed E-state index contributed by atoms with van der Waals surface area (Å²) in [4.78, 5) is 28.0. The first-order chi connectivity index (χ1) is 12.1. The molecule has 0 aliphatic carbocycles. The molecule has 1 unspecified atom stereocenters. The Morgan fingerprint density at radius 3 is 2.64 bits per heavy atom. The first-order valence-corrected chi connectivity index (χ1v) is 9.22. The number of likely N-dealkylation sites (tertiary alicyclic amines) is 2. The number of carboxylic acids is 1. The van der Waals surface area contributed by atoms with Crippen LogP contribution in [-0.4, -0.2) is 59.1 Å². The lowest BCUT2D eigenvalue weighted by Crippen LogP contribution is -2.41. The number of urea groups is 1. The van der Waals surface area contributed by atoms with E-state index in [0.717, 1.165) is 31.5 Å². The number of rotatable bonds is 4. The molecule has 2 aliphatic rings. The van der Waals surface area contributed by atoms with Crippen LogP contribution in [0, 0.1) is 0 Å². The maximum absolute atomic E-state index is 12.5. The molecule has 2 saturated heterocycles. The zero-order valence-corrected chi connectivity index (χ0v) is 14.6. The normalized spacial score (nSPS) is 21.8. The number of nitrogens with one attached hydrogen (secondary N) is 1. The summed E-state index contributed by atoms with van der Waals surface area (Å²) in [6, 6.07) is 7.27. The second-order valence-corrected chi connectivity index (χ2v) is 6.98. The van der Waals surface area contributed by atoms with Crippen molar-refractivity contribution in [3.8, 4) is 0 Å². The number of hydrogen-bond donors (Lipinski definition) is 2. The van der Waals surface area contributed by atoms with E-state index in [9.17, 15) is 9.59 Å². The first-order valence-electron chi connectivity index (χ1n) is 9.22. The van der Waals surface area contributed by atoms with Crippen molar-refractivity contribution in [1.29, 1.82) is 0 Å². The molecule has 3 rings (SSSR count). The third-order valence-electron chi connectivity index (χ3n) is 5.26. The minimum atomic E-state index is -0.950. The summed E-state index contributed by atoms with van der Waals surface area (Å²) in [5, 5.41) is 12.0. The highest BCUT2D eigenvalue weighted by molar-refractivity contribution is 5.87. The Kier molecular flexibility index (Phi) is 5.91. The lowest BCUT2D eigenvalue weighted by Gasteiger charge is -2.26. The van der Waals surface area contributed by atoms with E-state index >= 15 is 0 Å². The molecule has 1 atom stereocenters. The third-order valence-corrected chi connectivity index (χ3v) is 5.26. The van der Waals surface area contributed by atoms with Crippen molar-refractivity contribution in [3.05, 3.63) is 35.4 Å². The molecule has 2 fully saturated rings. The van der Waals surface area contributed by atoms with Crippen LogP contribution in [0.25, 0.3) is 0 Å². The van der Waals surface area contributed by atoms with E-state index in [1.54, 1.807) is 18.2 Å². The van der Waals surface area contributed by atoms with Gasteiger partial charge >= 0.3 is 12.0 Å². The van der Waals surface area contributed by atoms with Crippen LogP contribution in [0.5, 0.6) is 0 Å². The van der Waals surface area contributed by atoms with Crippen LogP contribution < -0.4 is 5.32 Å². The van der Waals surface area contributed by atoms with E-state index < -0.39 is 5.97 Å². The van der Waals surface area contributed by atoms with Crippen molar-refractivity contribution < 1.29 is 14.7 Å². The average Bonchev–Trinajstić information content (AvgIpc) is 3.04. The fraction of sp³-hybridized carbons (Fsp3) is 0.579. The van der Waals surface area contributed by atoms with Gasteiger partial charge in [-0.05, 0) is 62.9 Å². The number of hydrogen-bond acceptors (Lipinski definition) is 3. The molecule has 0 bridgehead atoms. The molecule has 0 aromatic heterocycles. The van der Waals surface area contributed by atoms with Gasteiger partial charge in [-0.3, -0.25) is 0 Å². The van der Waals surface area contributed by atoms with Crippen LogP contribution in [0.2, 0.25) is 0 Å². The number of benzene rings is 1. The van der Waals surface area contributed by atoms with Gasteiger partial charge in [-0.15, -0.1) is 0 Å². The van der Waals surface area contributed by atoms with E-state index in [0.29, 0.717) is 12.6 Å². The molecular weight excluding hydrogens is 318 g/mol. The van der Waals surface area contributed by atoms with Gasteiger partial charge in [-0.2, -0.15) is 0 Å². The maximum atomic E-state index is 12.5. The van der Waals surface area contributed by atoms with Crippen molar-refractivity contribution in [1.82, 2.24) is 15.1 Å². The Bertz CT molecular complexity index is 614. The quantitative estimate of drug-likeness (QED) is 0.880. The van der Waals surface area contributed by atoms with Crippen LogP contribution in [0.3, 0.4) is 0 Å². The number of amides is 2. The van der Waals surface area contributed by atoms with Crippen molar-refractivity contribution in [2.75, 3.05) is 26.2 Å². The van der Waals surface area contributed by atoms with Crippen LogP contribution in [0.1, 0.15) is 48.0 Å². The highest BCUT2D eigenvalue weighted by Crippen LogP contribution is 2.21. The molecule has 1 aromatic rings. The zero-order valence-electron chi connectivity index (χ0n) is 14.6. The summed E-state index contributed by atoms with van der Waals surface area (Å²) >= 11 is 0. The second kappa shape index (κ2) is 8.34. The highest BCUT2D eigenvalue weighted by Gasteiger charge is 2.26. The summed E-state index contributed by atoms with van der Waals surface area (Å²) in [5.74, 6) is -0.950. The molecule has 0 saturated carbocycles. The molecule has 6 nitrogen and oxygen atoms in total. The molecule has 2 aliphatic heterocycles. The predicted molar refractivity (Wildman–Crippen MR) is 95.7 cm³/mol. The Hall–Kier alpha value is -2.08. The van der Waals surface area contributed by atoms with Crippen LogP contribution in [0.15, 0.2) is 24.3 Å². The van der Waals surface area contributed by atoms with Gasteiger partial charge in [0.1, 0.15) is 0 Å². The van der Waals surface area contributed by atoms with E-state index in [2.05, 4.69) is 10.2 Å². The van der Waals surface area contributed by atoms with Gasteiger partial charge < -0.3 is 20.2 Å². The summed E-state index contributed by atoms with van der Waals surface area (Å²) in [7, 11) is 0. The molecular formula is C19H27N3O3. The van der Waals surface area contributed by atoms with Crippen molar-refractivity contribution in [2.24, 2.45) is 0 Å². The van der Waals surface area contributed by atoms with E-state index in [1.807, 2.05) is 11.0 Å².